The molecule has 1 aliphatic rings. The van der Waals surface area contributed by atoms with Crippen LogP contribution in [0.4, 0.5) is 0 Å². The minimum absolute atomic E-state index is 0.277. The van der Waals surface area contributed by atoms with Crippen molar-refractivity contribution in [1.29, 1.82) is 0 Å². The summed E-state index contributed by atoms with van der Waals surface area (Å²) in [6.45, 7) is 7.83. The highest BCUT2D eigenvalue weighted by molar-refractivity contribution is 8.00. The van der Waals surface area contributed by atoms with Gasteiger partial charge in [-0.15, -0.1) is 11.8 Å². The van der Waals surface area contributed by atoms with Crippen LogP contribution in [0.2, 0.25) is 0 Å². The maximum Gasteiger partial charge on any atom is 0.232 e. The van der Waals surface area contributed by atoms with Gasteiger partial charge in [-0.3, -0.25) is 4.79 Å². The van der Waals surface area contributed by atoms with Crippen LogP contribution in [0.5, 0.6) is 0 Å². The Kier molecular flexibility index (Phi) is 9.31. The molecule has 0 spiro atoms. The van der Waals surface area contributed by atoms with Gasteiger partial charge in [0.25, 0.3) is 0 Å². The number of nitrogens with one attached hydrogen (secondary N) is 1. The highest BCUT2D eigenvalue weighted by atomic mass is 32.2. The van der Waals surface area contributed by atoms with Crippen molar-refractivity contribution in [2.45, 2.75) is 50.8 Å². The second kappa shape index (κ2) is 10.5. The Morgan fingerprint density at radius 1 is 1.35 bits per heavy atom. The van der Waals surface area contributed by atoms with Crippen molar-refractivity contribution >= 4 is 17.7 Å². The Hall–Kier alpha value is -0.260. The van der Waals surface area contributed by atoms with Gasteiger partial charge in [-0.1, -0.05) is 13.8 Å². The smallest absolute Gasteiger partial charge is 0.232 e. The molecule has 0 radical (unpaired) electrons. The predicted octanol–water partition coefficient (Wildman–Crippen LogP) is 2.14. The molecule has 1 heterocycles. The standard InChI is InChI=1S/C15H30N2O2S/c1-4-13(5-2)17(10-11-19-3)15(18)12-20-14-6-8-16-9-7-14/h13-14,16H,4-12H2,1-3H3. The van der Waals surface area contributed by atoms with Crippen LogP contribution in [-0.4, -0.2) is 61.2 Å². The van der Waals surface area contributed by atoms with Crippen LogP contribution in [0.15, 0.2) is 0 Å². The number of carbonyl (C=O) groups is 1. The Balaban J connectivity index is 2.44. The molecule has 4 nitrogen and oxygen atoms in total. The molecule has 0 bridgehead atoms. The molecule has 1 saturated heterocycles. The first-order valence-electron chi connectivity index (χ1n) is 7.83. The number of amides is 1. The monoisotopic (exact) mass is 302 g/mol. The summed E-state index contributed by atoms with van der Waals surface area (Å²) >= 11 is 1.83. The van der Waals surface area contributed by atoms with Gasteiger partial charge in [-0.25, -0.2) is 0 Å². The van der Waals surface area contributed by atoms with Gasteiger partial charge in [-0.05, 0) is 38.8 Å². The number of rotatable bonds is 9. The van der Waals surface area contributed by atoms with Crippen molar-refractivity contribution in [3.8, 4) is 0 Å². The van der Waals surface area contributed by atoms with Gasteiger partial charge in [0.15, 0.2) is 0 Å². The molecule has 0 aliphatic carbocycles. The van der Waals surface area contributed by atoms with E-state index in [4.69, 9.17) is 4.74 Å². The molecule has 0 atom stereocenters. The van der Waals surface area contributed by atoms with E-state index in [0.29, 0.717) is 30.2 Å². The molecule has 1 amide bonds. The summed E-state index contributed by atoms with van der Waals surface area (Å²) in [5, 5.41) is 4.01. The van der Waals surface area contributed by atoms with E-state index in [2.05, 4.69) is 19.2 Å². The van der Waals surface area contributed by atoms with E-state index in [-0.39, 0.29) is 5.91 Å². The van der Waals surface area contributed by atoms with Crippen LogP contribution >= 0.6 is 11.8 Å². The zero-order valence-corrected chi connectivity index (χ0v) is 14.0. The first-order chi connectivity index (χ1) is 9.72. The first-order valence-corrected chi connectivity index (χ1v) is 8.88. The number of hydrogen-bond acceptors (Lipinski definition) is 4. The SMILES string of the molecule is CCC(CC)N(CCOC)C(=O)CSC1CCNCC1. The van der Waals surface area contributed by atoms with E-state index < -0.39 is 0 Å². The second-order valence-corrected chi connectivity index (χ2v) is 6.60. The molecule has 1 N–H and O–H groups in total. The van der Waals surface area contributed by atoms with Gasteiger partial charge in [0.05, 0.1) is 12.4 Å². The normalized spacial score (nSPS) is 16.6. The molecule has 1 aliphatic heterocycles. The van der Waals surface area contributed by atoms with E-state index in [1.807, 2.05) is 16.7 Å². The van der Waals surface area contributed by atoms with Crippen LogP contribution < -0.4 is 5.32 Å². The molecule has 1 rings (SSSR count). The zero-order chi connectivity index (χ0) is 14.8. The molecule has 0 aromatic rings. The molecular formula is C15H30N2O2S. The summed E-state index contributed by atoms with van der Waals surface area (Å²) < 4.78 is 5.15. The Labute approximate surface area is 128 Å². The lowest BCUT2D eigenvalue weighted by Gasteiger charge is -2.31. The lowest BCUT2D eigenvalue weighted by atomic mass is 10.1. The van der Waals surface area contributed by atoms with Crippen LogP contribution in [0.1, 0.15) is 39.5 Å². The third-order valence-electron chi connectivity index (χ3n) is 3.97. The summed E-state index contributed by atoms with van der Waals surface area (Å²) in [4.78, 5) is 14.5. The lowest BCUT2D eigenvalue weighted by molar-refractivity contribution is -0.131. The van der Waals surface area contributed by atoms with Gasteiger partial charge in [-0.2, -0.15) is 0 Å². The zero-order valence-electron chi connectivity index (χ0n) is 13.2. The summed E-state index contributed by atoms with van der Waals surface area (Å²) in [5.74, 6) is 0.893. The van der Waals surface area contributed by atoms with Crippen molar-refractivity contribution < 1.29 is 9.53 Å². The fraction of sp³-hybridized carbons (Fsp3) is 0.933. The number of carbonyl (C=O) groups excluding carboxylic acids is 1. The highest BCUT2D eigenvalue weighted by Gasteiger charge is 2.22. The van der Waals surface area contributed by atoms with Crippen molar-refractivity contribution in [1.82, 2.24) is 10.2 Å². The number of ether oxygens (including phenoxy) is 1. The maximum absolute atomic E-state index is 12.5. The van der Waals surface area contributed by atoms with Crippen LogP contribution in [0, 0.1) is 0 Å². The summed E-state index contributed by atoms with van der Waals surface area (Å²) in [6, 6.07) is 0.353. The Morgan fingerprint density at radius 3 is 2.55 bits per heavy atom. The molecule has 20 heavy (non-hydrogen) atoms. The van der Waals surface area contributed by atoms with Gasteiger partial charge < -0.3 is 15.0 Å². The molecule has 118 valence electrons. The summed E-state index contributed by atoms with van der Waals surface area (Å²) in [5.41, 5.74) is 0. The predicted molar refractivity (Wildman–Crippen MR) is 86.3 cm³/mol. The van der Waals surface area contributed by atoms with Gasteiger partial charge in [0, 0.05) is 24.9 Å². The summed E-state index contributed by atoms with van der Waals surface area (Å²) in [6.07, 6.45) is 4.40. The largest absolute Gasteiger partial charge is 0.383 e. The number of nitrogens with zero attached hydrogens (tertiary/aromatic N) is 1. The molecule has 0 aromatic heterocycles. The Morgan fingerprint density at radius 2 is 2.00 bits per heavy atom. The average molecular weight is 302 g/mol. The molecule has 0 aromatic carbocycles. The van der Waals surface area contributed by atoms with Crippen molar-refractivity contribution in [3.05, 3.63) is 0 Å². The minimum atomic E-state index is 0.277. The quantitative estimate of drug-likeness (QED) is 0.708. The van der Waals surface area contributed by atoms with Gasteiger partial charge in [0.2, 0.25) is 5.91 Å². The molecule has 0 saturated carbocycles. The number of thioether (sulfide) groups is 1. The van der Waals surface area contributed by atoms with E-state index in [1.54, 1.807) is 7.11 Å². The highest BCUT2D eigenvalue weighted by Crippen LogP contribution is 2.21. The summed E-state index contributed by atoms with van der Waals surface area (Å²) in [7, 11) is 1.69. The second-order valence-electron chi connectivity index (χ2n) is 5.31. The number of methoxy groups -OCH3 is 1. The fourth-order valence-electron chi connectivity index (χ4n) is 2.66. The lowest BCUT2D eigenvalue weighted by Crippen LogP contribution is -2.43. The van der Waals surface area contributed by atoms with Gasteiger partial charge >= 0.3 is 0 Å². The third kappa shape index (κ3) is 6.02. The number of piperidine rings is 1. The van der Waals surface area contributed by atoms with Crippen molar-refractivity contribution in [2.24, 2.45) is 0 Å². The first kappa shape index (κ1) is 17.8. The van der Waals surface area contributed by atoms with Crippen LogP contribution in [-0.2, 0) is 9.53 Å². The van der Waals surface area contributed by atoms with Crippen LogP contribution in [0.3, 0.4) is 0 Å². The third-order valence-corrected chi connectivity index (χ3v) is 5.33. The van der Waals surface area contributed by atoms with E-state index in [9.17, 15) is 4.79 Å². The molecule has 1 fully saturated rings. The number of hydrogen-bond donors (Lipinski definition) is 1. The molecular weight excluding hydrogens is 272 g/mol. The van der Waals surface area contributed by atoms with Crippen molar-refractivity contribution in [2.75, 3.05) is 39.1 Å². The molecule has 5 heteroatoms. The molecule has 0 unspecified atom stereocenters. The Bertz CT molecular complexity index is 267. The van der Waals surface area contributed by atoms with Crippen molar-refractivity contribution in [3.63, 3.8) is 0 Å². The fourth-order valence-corrected chi connectivity index (χ4v) is 3.78. The van der Waals surface area contributed by atoms with Crippen LogP contribution in [0.25, 0.3) is 0 Å². The van der Waals surface area contributed by atoms with E-state index in [0.717, 1.165) is 25.9 Å². The topological polar surface area (TPSA) is 41.6 Å². The minimum Gasteiger partial charge on any atom is -0.383 e. The van der Waals surface area contributed by atoms with Gasteiger partial charge in [0.1, 0.15) is 0 Å². The maximum atomic E-state index is 12.5. The van der Waals surface area contributed by atoms with E-state index >= 15 is 0 Å². The average Bonchev–Trinajstić information content (AvgIpc) is 2.50. The van der Waals surface area contributed by atoms with E-state index in [1.165, 1.54) is 12.8 Å².